The van der Waals surface area contributed by atoms with Crippen LogP contribution in [-0.4, -0.2) is 13.4 Å². The van der Waals surface area contributed by atoms with Crippen LogP contribution in [0, 0.1) is 0 Å². The van der Waals surface area contributed by atoms with Crippen LogP contribution in [0.4, 0.5) is 17.1 Å². The molecule has 0 unspecified atom stereocenters. The number of fused-ring (bicyclic) bond motifs is 12. The number of rotatable bonds is 2. The van der Waals surface area contributed by atoms with E-state index in [0.29, 0.717) is 0 Å². The van der Waals surface area contributed by atoms with Gasteiger partial charge < -0.3 is 4.90 Å². The molecule has 0 N–H and O–H groups in total. The fourth-order valence-electron chi connectivity index (χ4n) is 10.1. The fourth-order valence-corrected chi connectivity index (χ4v) is 12.4. The zero-order chi connectivity index (χ0) is 35.4. The van der Waals surface area contributed by atoms with Crippen molar-refractivity contribution in [2.45, 2.75) is 25.0 Å². The van der Waals surface area contributed by atoms with Crippen molar-refractivity contribution in [1.29, 1.82) is 0 Å². The van der Waals surface area contributed by atoms with E-state index >= 15 is 0 Å². The molecule has 0 saturated carbocycles. The molecule has 0 saturated heterocycles. The molecule has 0 aliphatic carbocycles. The fraction of sp³-hybridized carbons (Fsp3) is 0.0204. The highest BCUT2D eigenvalue weighted by molar-refractivity contribution is 8.00. The van der Waals surface area contributed by atoms with Gasteiger partial charge in [-0.15, -0.1) is 0 Å². The normalized spacial score (nSPS) is 14.9. The van der Waals surface area contributed by atoms with E-state index in [4.69, 9.17) is 0 Å². The molecule has 4 heterocycles. The molecule has 4 aliphatic heterocycles. The highest BCUT2D eigenvalue weighted by Crippen LogP contribution is 2.52. The smallest absolute Gasteiger partial charge is 0.245 e. The van der Waals surface area contributed by atoms with Crippen molar-refractivity contribution in [1.82, 2.24) is 0 Å². The topological polar surface area (TPSA) is 3.24 Å². The van der Waals surface area contributed by atoms with Crippen LogP contribution >= 0.6 is 23.5 Å². The highest BCUT2D eigenvalue weighted by atomic mass is 32.2. The lowest BCUT2D eigenvalue weighted by Crippen LogP contribution is -2.68. The second-order valence-corrected chi connectivity index (χ2v) is 16.9. The predicted molar refractivity (Wildman–Crippen MR) is 230 cm³/mol. The van der Waals surface area contributed by atoms with E-state index in [9.17, 15) is 0 Å². The molecule has 8 aromatic carbocycles. The van der Waals surface area contributed by atoms with Crippen LogP contribution in [-0.2, 0) is 5.41 Å². The van der Waals surface area contributed by atoms with Gasteiger partial charge in [-0.05, 0) is 70.8 Å². The first-order chi connectivity index (χ1) is 26.8. The van der Waals surface area contributed by atoms with E-state index in [2.05, 4.69) is 193 Å². The molecule has 4 aliphatic rings. The molecule has 1 spiro atoms. The molecule has 12 rings (SSSR count). The number of hydrogen-bond donors (Lipinski definition) is 0. The molecule has 0 aromatic heterocycles. The highest BCUT2D eigenvalue weighted by Gasteiger charge is 2.54. The Morgan fingerprint density at radius 3 is 1.41 bits per heavy atom. The minimum absolute atomic E-state index is 0.0908. The van der Waals surface area contributed by atoms with Gasteiger partial charge in [0.2, 0.25) is 13.4 Å². The van der Waals surface area contributed by atoms with E-state index in [-0.39, 0.29) is 13.4 Å². The predicted octanol–water partition coefficient (Wildman–Crippen LogP) is 8.13. The average molecular weight is 720 g/mol. The van der Waals surface area contributed by atoms with Gasteiger partial charge in [-0.1, -0.05) is 196 Å². The van der Waals surface area contributed by atoms with Crippen molar-refractivity contribution in [3.63, 3.8) is 0 Å². The summed E-state index contributed by atoms with van der Waals surface area (Å²) in [5.74, 6) is 0. The molecule has 0 radical (unpaired) electrons. The first-order valence-electron chi connectivity index (χ1n) is 18.7. The van der Waals surface area contributed by atoms with Crippen LogP contribution in [0.15, 0.2) is 208 Å². The Bertz CT molecular complexity index is 2740. The first-order valence-corrected chi connectivity index (χ1v) is 20.4. The van der Waals surface area contributed by atoms with Crippen molar-refractivity contribution >= 4 is 86.8 Å². The summed E-state index contributed by atoms with van der Waals surface area (Å²) in [6, 6.07) is 71.0. The first kappa shape index (κ1) is 30.8. The van der Waals surface area contributed by atoms with Gasteiger partial charge in [0.15, 0.2) is 0 Å². The lowest BCUT2D eigenvalue weighted by atomic mass is 9.26. The number of benzene rings is 8. The third-order valence-electron chi connectivity index (χ3n) is 12.2. The van der Waals surface area contributed by atoms with Crippen LogP contribution in [0.25, 0.3) is 0 Å². The Kier molecular flexibility index (Phi) is 6.67. The van der Waals surface area contributed by atoms with Gasteiger partial charge in [-0.2, -0.15) is 0 Å². The molecule has 0 fully saturated rings. The van der Waals surface area contributed by atoms with Crippen LogP contribution in [0.2, 0.25) is 0 Å². The van der Waals surface area contributed by atoms with Gasteiger partial charge in [0.1, 0.15) is 0 Å². The van der Waals surface area contributed by atoms with Crippen molar-refractivity contribution in [2.24, 2.45) is 0 Å². The largest absolute Gasteiger partial charge is 0.308 e. The number of nitrogens with zero attached hydrogens (tertiary/aromatic N) is 1. The maximum Gasteiger partial charge on any atom is 0.245 e. The van der Waals surface area contributed by atoms with E-state index < -0.39 is 5.41 Å². The molecule has 54 heavy (non-hydrogen) atoms. The average Bonchev–Trinajstić information content (AvgIpc) is 3.24. The summed E-state index contributed by atoms with van der Waals surface area (Å²) >= 11 is 3.78. The van der Waals surface area contributed by atoms with Crippen LogP contribution in [0.1, 0.15) is 22.3 Å². The van der Waals surface area contributed by atoms with Crippen LogP contribution in [0.5, 0.6) is 0 Å². The van der Waals surface area contributed by atoms with Crippen LogP contribution < -0.4 is 37.7 Å². The van der Waals surface area contributed by atoms with Gasteiger partial charge in [-0.25, -0.2) is 0 Å². The number of hydrogen-bond acceptors (Lipinski definition) is 3. The molecule has 0 amide bonds. The molecule has 8 aromatic rings. The number of para-hydroxylation sites is 2. The van der Waals surface area contributed by atoms with E-state index in [0.717, 1.165) is 0 Å². The van der Waals surface area contributed by atoms with Gasteiger partial charge in [0.25, 0.3) is 0 Å². The molecular formula is C49H31B2NS2. The van der Waals surface area contributed by atoms with Crippen molar-refractivity contribution in [3.05, 3.63) is 210 Å². The summed E-state index contributed by atoms with van der Waals surface area (Å²) in [5, 5.41) is 0. The lowest BCUT2D eigenvalue weighted by Gasteiger charge is -2.50. The van der Waals surface area contributed by atoms with Gasteiger partial charge in [0.05, 0.1) is 16.8 Å². The molecule has 1 nitrogen and oxygen atoms in total. The SMILES string of the molecule is c1ccc2c(c1)Sc1cccc3c1B2c1ccccc1C31c2ccccc2B(c2ccc(N3c4ccccc4Sc4ccccc43)cc2)c2ccccc21. The minimum atomic E-state index is -0.451. The van der Waals surface area contributed by atoms with Gasteiger partial charge in [-0.3, -0.25) is 0 Å². The van der Waals surface area contributed by atoms with Crippen molar-refractivity contribution in [3.8, 4) is 0 Å². The Balaban J connectivity index is 1.07. The summed E-state index contributed by atoms with van der Waals surface area (Å²) in [5.41, 5.74) is 17.1. The second-order valence-electron chi connectivity index (χ2n) is 14.7. The van der Waals surface area contributed by atoms with E-state index in [1.165, 1.54) is 91.7 Å². The molecule has 5 heteroatoms. The summed E-state index contributed by atoms with van der Waals surface area (Å²) in [4.78, 5) is 7.71. The zero-order valence-corrected chi connectivity index (χ0v) is 30.9. The quantitative estimate of drug-likeness (QED) is 0.166. The van der Waals surface area contributed by atoms with Crippen molar-refractivity contribution < 1.29 is 0 Å². The van der Waals surface area contributed by atoms with Crippen LogP contribution in [0.3, 0.4) is 0 Å². The Morgan fingerprint density at radius 1 is 0.352 bits per heavy atom. The lowest BCUT2D eigenvalue weighted by molar-refractivity contribution is 0.754. The molecule has 0 atom stereocenters. The Morgan fingerprint density at radius 2 is 0.796 bits per heavy atom. The standard InChI is InChI=1S/C49H31B2NS2/c1-4-18-38-34(14-1)49(36-16-3-6-20-40(36)51-41-21-7-10-24-44(41)53-47-27-13-17-37(49)48(47)51)35-15-2-5-19-39(35)50(38)32-28-30-33(31-29-32)52-42-22-8-11-25-45(42)54-46-26-12-9-23-43(46)52/h1-31H. The second kappa shape index (κ2) is 11.7. The third-order valence-corrected chi connectivity index (χ3v) is 14.5. The molecule has 250 valence electrons. The molecular weight excluding hydrogens is 688 g/mol. The van der Waals surface area contributed by atoms with E-state index in [1.54, 1.807) is 0 Å². The zero-order valence-electron chi connectivity index (χ0n) is 29.3. The monoisotopic (exact) mass is 719 g/mol. The summed E-state index contributed by atoms with van der Waals surface area (Å²) in [7, 11) is 0. The van der Waals surface area contributed by atoms with Crippen molar-refractivity contribution in [2.75, 3.05) is 4.90 Å². The number of anilines is 3. The maximum absolute atomic E-state index is 2.44. The summed E-state index contributed by atoms with van der Waals surface area (Å²) < 4.78 is 0. The van der Waals surface area contributed by atoms with E-state index in [1.807, 2.05) is 23.5 Å². The van der Waals surface area contributed by atoms with Gasteiger partial charge >= 0.3 is 0 Å². The Hall–Kier alpha value is -5.61. The summed E-state index contributed by atoms with van der Waals surface area (Å²) in [6.07, 6.45) is 0. The van der Waals surface area contributed by atoms with Gasteiger partial charge in [0, 0.05) is 25.3 Å². The Labute approximate surface area is 325 Å². The molecule has 0 bridgehead atoms. The summed E-state index contributed by atoms with van der Waals surface area (Å²) in [6.45, 7) is 0.289. The minimum Gasteiger partial charge on any atom is -0.308 e. The third kappa shape index (κ3) is 4.12. The maximum atomic E-state index is 2.44.